The number of H-pyrrole nitrogens is 1. The first kappa shape index (κ1) is 23.2. The highest BCUT2D eigenvalue weighted by Crippen LogP contribution is 2.32. The Morgan fingerprint density at radius 2 is 1.83 bits per heavy atom. The first-order valence-corrected chi connectivity index (χ1v) is 13.3. The van der Waals surface area contributed by atoms with E-state index in [1.807, 2.05) is 19.1 Å². The molecule has 0 spiro atoms. The zero-order chi connectivity index (χ0) is 24.6. The van der Waals surface area contributed by atoms with Crippen LogP contribution in [-0.2, 0) is 10.0 Å². The Hall–Kier alpha value is -3.59. The second kappa shape index (κ2) is 9.22. The number of anilines is 1. The fraction of sp³-hybridized carbons (Fsp3) is 0.308. The summed E-state index contributed by atoms with van der Waals surface area (Å²) in [4.78, 5) is 19.8. The fourth-order valence-electron chi connectivity index (χ4n) is 4.66. The second-order valence-electron chi connectivity index (χ2n) is 9.21. The van der Waals surface area contributed by atoms with Crippen molar-refractivity contribution < 1.29 is 17.9 Å². The van der Waals surface area contributed by atoms with E-state index in [9.17, 15) is 13.2 Å². The average Bonchev–Trinajstić information content (AvgIpc) is 3.22. The predicted molar refractivity (Wildman–Crippen MR) is 136 cm³/mol. The van der Waals surface area contributed by atoms with Crippen LogP contribution < -0.4 is 15.2 Å². The van der Waals surface area contributed by atoms with Gasteiger partial charge in [0.1, 0.15) is 0 Å². The zero-order valence-corrected chi connectivity index (χ0v) is 20.3. The first-order valence-electron chi connectivity index (χ1n) is 11.8. The van der Waals surface area contributed by atoms with Crippen LogP contribution in [0.3, 0.4) is 0 Å². The minimum Gasteiger partial charge on any atom is -0.477 e. The fourth-order valence-corrected chi connectivity index (χ4v) is 5.75. The molecule has 2 heterocycles. The van der Waals surface area contributed by atoms with Gasteiger partial charge in [-0.05, 0) is 56.0 Å². The number of fused-ring (bicyclic) bond motifs is 3. The lowest BCUT2D eigenvalue weighted by atomic mass is 9.90. The summed E-state index contributed by atoms with van der Waals surface area (Å²) in [7, 11) is -3.83. The average molecular weight is 493 g/mol. The molecular formula is C26H28N4O4S. The number of sulfonamides is 1. The van der Waals surface area contributed by atoms with E-state index in [1.54, 1.807) is 30.3 Å². The molecule has 0 unspecified atom stereocenters. The van der Waals surface area contributed by atoms with Crippen molar-refractivity contribution in [1.82, 2.24) is 9.97 Å². The highest BCUT2D eigenvalue weighted by Gasteiger charge is 2.21. The van der Waals surface area contributed by atoms with E-state index in [2.05, 4.69) is 14.7 Å². The third-order valence-electron chi connectivity index (χ3n) is 6.58. The van der Waals surface area contributed by atoms with Crippen molar-refractivity contribution in [2.45, 2.75) is 43.9 Å². The number of carbonyl (C=O) groups excluding carboxylic acids is 1. The van der Waals surface area contributed by atoms with Gasteiger partial charge in [-0.15, -0.1) is 0 Å². The Morgan fingerprint density at radius 3 is 2.54 bits per heavy atom. The van der Waals surface area contributed by atoms with Gasteiger partial charge in [0.2, 0.25) is 5.88 Å². The van der Waals surface area contributed by atoms with Crippen molar-refractivity contribution in [3.8, 4) is 5.88 Å². The van der Waals surface area contributed by atoms with Crippen molar-refractivity contribution in [2.75, 3.05) is 11.3 Å². The third kappa shape index (κ3) is 4.81. The second-order valence-corrected chi connectivity index (χ2v) is 10.9. The third-order valence-corrected chi connectivity index (χ3v) is 7.95. The van der Waals surface area contributed by atoms with Gasteiger partial charge >= 0.3 is 0 Å². The minimum atomic E-state index is -3.83. The Morgan fingerprint density at radius 1 is 1.09 bits per heavy atom. The highest BCUT2D eigenvalue weighted by atomic mass is 32.2. The van der Waals surface area contributed by atoms with E-state index in [0.29, 0.717) is 45.9 Å². The number of carbonyl (C=O) groups is 1. The molecule has 35 heavy (non-hydrogen) atoms. The lowest BCUT2D eigenvalue weighted by Crippen LogP contribution is -2.17. The Kier molecular flexibility index (Phi) is 6.10. The number of nitrogens with two attached hydrogens (primary N) is 1. The number of rotatable bonds is 7. The van der Waals surface area contributed by atoms with Crippen molar-refractivity contribution >= 4 is 43.4 Å². The molecule has 4 aromatic rings. The smallest absolute Gasteiger partial charge is 0.269 e. The molecule has 4 N–H and O–H groups in total. The number of nitrogens with one attached hydrogen (secondary N) is 2. The monoisotopic (exact) mass is 492 g/mol. The van der Waals surface area contributed by atoms with Crippen molar-refractivity contribution in [3.63, 3.8) is 0 Å². The molecule has 182 valence electrons. The summed E-state index contributed by atoms with van der Waals surface area (Å²) in [5, 5.41) is 1.27. The Bertz CT molecular complexity index is 1500. The maximum atomic E-state index is 13.1. The molecule has 1 aliphatic rings. The topological polar surface area (TPSA) is 127 Å². The molecule has 0 radical (unpaired) electrons. The van der Waals surface area contributed by atoms with Gasteiger partial charge in [-0.2, -0.15) is 0 Å². The van der Waals surface area contributed by atoms with Crippen LogP contribution in [0, 0.1) is 12.8 Å². The summed E-state index contributed by atoms with van der Waals surface area (Å²) in [5.74, 6) is 0.0909. The van der Waals surface area contributed by atoms with Crippen molar-refractivity contribution in [3.05, 3.63) is 59.8 Å². The summed E-state index contributed by atoms with van der Waals surface area (Å²) in [6.45, 7) is 2.46. The molecule has 8 nitrogen and oxygen atoms in total. The van der Waals surface area contributed by atoms with Crippen LogP contribution in [0.25, 0.3) is 21.8 Å². The molecule has 0 saturated heterocycles. The number of hydrogen-bond donors (Lipinski definition) is 3. The van der Waals surface area contributed by atoms with E-state index in [0.717, 1.165) is 18.4 Å². The van der Waals surface area contributed by atoms with E-state index >= 15 is 0 Å². The van der Waals surface area contributed by atoms with E-state index in [-0.39, 0.29) is 10.6 Å². The van der Waals surface area contributed by atoms with Gasteiger partial charge in [0, 0.05) is 28.0 Å². The van der Waals surface area contributed by atoms with Crippen LogP contribution in [0.15, 0.2) is 53.4 Å². The molecule has 0 atom stereocenters. The number of aryl methyl sites for hydroxylation is 1. The van der Waals surface area contributed by atoms with Crippen LogP contribution in [0.1, 0.15) is 48.2 Å². The molecule has 0 aliphatic heterocycles. The lowest BCUT2D eigenvalue weighted by molar-refractivity contribution is 0.0995. The first-order chi connectivity index (χ1) is 16.8. The largest absolute Gasteiger partial charge is 0.477 e. The summed E-state index contributed by atoms with van der Waals surface area (Å²) < 4.78 is 34.8. The number of nitrogens with zero attached hydrogens (tertiary/aromatic N) is 1. The van der Waals surface area contributed by atoms with Crippen LogP contribution in [-0.4, -0.2) is 30.9 Å². The van der Waals surface area contributed by atoms with Crippen molar-refractivity contribution in [2.24, 2.45) is 11.7 Å². The highest BCUT2D eigenvalue weighted by molar-refractivity contribution is 7.92. The van der Waals surface area contributed by atoms with Gasteiger partial charge in [-0.1, -0.05) is 37.0 Å². The lowest BCUT2D eigenvalue weighted by Gasteiger charge is -2.21. The van der Waals surface area contributed by atoms with Crippen LogP contribution in [0.2, 0.25) is 0 Å². The van der Waals surface area contributed by atoms with E-state index < -0.39 is 15.9 Å². The molecule has 1 aliphatic carbocycles. The number of pyridine rings is 1. The van der Waals surface area contributed by atoms with Gasteiger partial charge < -0.3 is 15.5 Å². The standard InChI is InChI=1S/C26H28N4O4S/c1-16-7-9-18(10-8-16)30-35(32,33)19-11-12-22-20(13-19)21-14-23(29-25(26(27)31)24(21)28-22)34-15-17-5-3-2-4-6-17/h7-14,17,28,30H,2-6,15H2,1H3,(H2,27,31). The maximum Gasteiger partial charge on any atom is 0.269 e. The number of amides is 1. The summed E-state index contributed by atoms with van der Waals surface area (Å²) in [6.07, 6.45) is 5.89. The Balaban J connectivity index is 1.53. The summed E-state index contributed by atoms with van der Waals surface area (Å²) in [6, 6.07) is 13.6. The Labute approximate surface area is 203 Å². The molecule has 0 bridgehead atoms. The molecule has 2 aromatic carbocycles. The normalized spacial score (nSPS) is 14.9. The number of benzene rings is 2. The number of primary amides is 1. The van der Waals surface area contributed by atoms with Gasteiger partial charge in [0.05, 0.1) is 17.0 Å². The molecular weight excluding hydrogens is 464 g/mol. The van der Waals surface area contributed by atoms with Gasteiger partial charge in [-0.3, -0.25) is 9.52 Å². The molecule has 2 aromatic heterocycles. The van der Waals surface area contributed by atoms with Crippen molar-refractivity contribution in [1.29, 1.82) is 0 Å². The summed E-state index contributed by atoms with van der Waals surface area (Å²) >= 11 is 0. The minimum absolute atomic E-state index is 0.0690. The van der Waals surface area contributed by atoms with Gasteiger partial charge in [0.15, 0.2) is 5.69 Å². The van der Waals surface area contributed by atoms with Gasteiger partial charge in [0.25, 0.3) is 15.9 Å². The number of aromatic amines is 1. The predicted octanol–water partition coefficient (Wildman–Crippen LogP) is 4.88. The van der Waals surface area contributed by atoms with Crippen LogP contribution in [0.4, 0.5) is 5.69 Å². The van der Waals surface area contributed by atoms with Gasteiger partial charge in [-0.25, -0.2) is 13.4 Å². The number of ether oxygens (including phenoxy) is 1. The zero-order valence-electron chi connectivity index (χ0n) is 19.5. The van der Waals surface area contributed by atoms with Crippen LogP contribution in [0.5, 0.6) is 5.88 Å². The quantitative estimate of drug-likeness (QED) is 0.339. The number of hydrogen-bond acceptors (Lipinski definition) is 5. The van der Waals surface area contributed by atoms with E-state index in [4.69, 9.17) is 10.5 Å². The molecule has 5 rings (SSSR count). The molecule has 9 heteroatoms. The molecule has 1 saturated carbocycles. The molecule has 1 amide bonds. The summed E-state index contributed by atoms with van der Waals surface area (Å²) in [5.41, 5.74) is 8.33. The van der Waals surface area contributed by atoms with E-state index in [1.165, 1.54) is 25.3 Å². The maximum absolute atomic E-state index is 13.1. The number of aromatic nitrogens is 2. The van der Waals surface area contributed by atoms with Crippen LogP contribution >= 0.6 is 0 Å². The SMILES string of the molecule is Cc1ccc(NS(=O)(=O)c2ccc3[nH]c4c(C(N)=O)nc(OCC5CCCCC5)cc4c3c2)cc1. The molecule has 1 fully saturated rings.